The number of hydrogen-bond acceptors (Lipinski definition) is 4. The van der Waals surface area contributed by atoms with Crippen molar-refractivity contribution < 1.29 is 19.4 Å². The number of carbonyl (C=O) groups excluding carboxylic acids is 1. The highest BCUT2D eigenvalue weighted by molar-refractivity contribution is 5.81. The molecule has 0 spiro atoms. The van der Waals surface area contributed by atoms with Crippen molar-refractivity contribution in [3.63, 3.8) is 0 Å². The summed E-state index contributed by atoms with van der Waals surface area (Å²) in [5.74, 6) is -1.02. The summed E-state index contributed by atoms with van der Waals surface area (Å²) in [7, 11) is 0. The number of carbonyl (C=O) groups is 2. The minimum atomic E-state index is -1.02. The summed E-state index contributed by atoms with van der Waals surface area (Å²) < 4.78 is 5.03. The molecule has 8 heteroatoms. The lowest BCUT2D eigenvalue weighted by Crippen LogP contribution is -2.55. The molecule has 0 saturated carbocycles. The Hall–Kier alpha value is -2.73. The molecule has 104 valence electrons. The van der Waals surface area contributed by atoms with Gasteiger partial charge in [-0.2, -0.15) is 0 Å². The molecule has 1 heterocycles. The van der Waals surface area contributed by atoms with Crippen LogP contribution in [0.2, 0.25) is 0 Å². The number of ether oxygens (including phenoxy) is 1. The van der Waals surface area contributed by atoms with Gasteiger partial charge in [-0.05, 0) is 17.5 Å². The smallest absolute Gasteiger partial charge is 0.410 e. The van der Waals surface area contributed by atoms with Gasteiger partial charge in [-0.3, -0.25) is 4.90 Å². The fourth-order valence-electron chi connectivity index (χ4n) is 1.80. The summed E-state index contributed by atoms with van der Waals surface area (Å²) in [6.07, 6.45) is -0.187. The molecule has 20 heavy (non-hydrogen) atoms. The van der Waals surface area contributed by atoms with Crippen LogP contribution >= 0.6 is 0 Å². The zero-order valence-electron chi connectivity index (χ0n) is 10.5. The highest BCUT2D eigenvalue weighted by atomic mass is 16.6. The van der Waals surface area contributed by atoms with E-state index in [4.69, 9.17) is 15.4 Å². The minimum Gasteiger partial charge on any atom is -0.480 e. The van der Waals surface area contributed by atoms with Crippen LogP contribution in [0, 0.1) is 0 Å². The van der Waals surface area contributed by atoms with Crippen molar-refractivity contribution in [3.8, 4) is 0 Å². The van der Waals surface area contributed by atoms with Crippen LogP contribution in [0.25, 0.3) is 10.4 Å². The Bertz CT molecular complexity index is 565. The maximum atomic E-state index is 11.7. The van der Waals surface area contributed by atoms with Crippen LogP contribution in [0.3, 0.4) is 0 Å². The maximum Gasteiger partial charge on any atom is 0.410 e. The number of carboxylic acid groups (broad SMARTS) is 1. The second-order valence-corrected chi connectivity index (χ2v) is 4.25. The standard InChI is InChI=1S/C12H12N4O4/c13-15-14-9-3-1-8(2-4-9)7-20-12(19)16-6-5-10(16)11(17)18/h1-4,10H,5-7H2,(H,17,18). The van der Waals surface area contributed by atoms with Crippen molar-refractivity contribution in [2.75, 3.05) is 6.54 Å². The number of amides is 1. The Balaban J connectivity index is 1.87. The van der Waals surface area contributed by atoms with E-state index in [0.29, 0.717) is 18.7 Å². The van der Waals surface area contributed by atoms with Gasteiger partial charge < -0.3 is 9.84 Å². The average Bonchev–Trinajstić information content (AvgIpc) is 2.36. The fourth-order valence-corrected chi connectivity index (χ4v) is 1.80. The summed E-state index contributed by atoms with van der Waals surface area (Å²) in [5, 5.41) is 12.3. The first-order valence-corrected chi connectivity index (χ1v) is 5.92. The van der Waals surface area contributed by atoms with E-state index >= 15 is 0 Å². The van der Waals surface area contributed by atoms with E-state index in [0.717, 1.165) is 5.56 Å². The lowest BCUT2D eigenvalue weighted by atomic mass is 10.1. The molecule has 1 unspecified atom stereocenters. The molecule has 1 aromatic rings. The highest BCUT2D eigenvalue weighted by Gasteiger charge is 2.38. The van der Waals surface area contributed by atoms with E-state index in [-0.39, 0.29) is 6.61 Å². The van der Waals surface area contributed by atoms with Gasteiger partial charge in [0.2, 0.25) is 0 Å². The fraction of sp³-hybridized carbons (Fsp3) is 0.333. The van der Waals surface area contributed by atoms with E-state index in [1.165, 1.54) is 4.90 Å². The predicted molar refractivity (Wildman–Crippen MR) is 68.2 cm³/mol. The number of rotatable bonds is 4. The van der Waals surface area contributed by atoms with E-state index in [1.54, 1.807) is 24.3 Å². The third kappa shape index (κ3) is 2.99. The number of likely N-dealkylation sites (tertiary alicyclic amines) is 1. The number of azide groups is 1. The van der Waals surface area contributed by atoms with Gasteiger partial charge in [-0.25, -0.2) is 9.59 Å². The van der Waals surface area contributed by atoms with Gasteiger partial charge >= 0.3 is 12.1 Å². The summed E-state index contributed by atoms with van der Waals surface area (Å²) in [4.78, 5) is 26.3. The number of carboxylic acids is 1. The van der Waals surface area contributed by atoms with Crippen LogP contribution in [0.1, 0.15) is 12.0 Å². The molecule has 1 saturated heterocycles. The first-order valence-electron chi connectivity index (χ1n) is 5.92. The third-order valence-electron chi connectivity index (χ3n) is 3.00. The summed E-state index contributed by atoms with van der Waals surface area (Å²) in [6, 6.07) is 5.76. The molecule has 8 nitrogen and oxygen atoms in total. The zero-order chi connectivity index (χ0) is 14.5. The van der Waals surface area contributed by atoms with Crippen molar-refractivity contribution >= 4 is 17.7 Å². The average molecular weight is 276 g/mol. The van der Waals surface area contributed by atoms with Gasteiger partial charge in [0, 0.05) is 17.1 Å². The molecule has 0 aliphatic carbocycles. The summed E-state index contributed by atoms with van der Waals surface area (Å²) in [6.45, 7) is 0.434. The van der Waals surface area contributed by atoms with Crippen LogP contribution < -0.4 is 0 Å². The summed E-state index contributed by atoms with van der Waals surface area (Å²) in [5.41, 5.74) is 9.46. The van der Waals surface area contributed by atoms with Gasteiger partial charge in [0.15, 0.2) is 0 Å². The first-order chi connectivity index (χ1) is 9.61. The Morgan fingerprint density at radius 2 is 2.15 bits per heavy atom. The van der Waals surface area contributed by atoms with Crippen LogP contribution in [0.15, 0.2) is 29.4 Å². The molecular weight excluding hydrogens is 264 g/mol. The highest BCUT2D eigenvalue weighted by Crippen LogP contribution is 2.19. The summed E-state index contributed by atoms with van der Waals surface area (Å²) >= 11 is 0. The Morgan fingerprint density at radius 1 is 1.45 bits per heavy atom. The SMILES string of the molecule is [N-]=[N+]=Nc1ccc(COC(=O)N2CCC2C(=O)O)cc1. The predicted octanol–water partition coefficient (Wildman–Crippen LogP) is 2.42. The number of nitrogens with zero attached hydrogens (tertiary/aromatic N) is 4. The Labute approximate surface area is 114 Å². The van der Waals surface area contributed by atoms with Crippen molar-refractivity contribution in [1.82, 2.24) is 4.90 Å². The molecule has 1 N–H and O–H groups in total. The molecule has 1 aliphatic heterocycles. The molecule has 1 fully saturated rings. The van der Waals surface area contributed by atoms with Crippen LogP contribution in [-0.4, -0.2) is 34.7 Å². The largest absolute Gasteiger partial charge is 0.480 e. The molecule has 0 bridgehead atoms. The van der Waals surface area contributed by atoms with E-state index < -0.39 is 18.1 Å². The molecule has 1 aliphatic rings. The van der Waals surface area contributed by atoms with Crippen molar-refractivity contribution in [2.45, 2.75) is 19.1 Å². The van der Waals surface area contributed by atoms with Gasteiger partial charge in [0.1, 0.15) is 12.6 Å². The normalized spacial score (nSPS) is 16.8. The van der Waals surface area contributed by atoms with Crippen molar-refractivity contribution in [1.29, 1.82) is 0 Å². The second kappa shape index (κ2) is 5.94. The van der Waals surface area contributed by atoms with Gasteiger partial charge in [0.05, 0.1) is 0 Å². The van der Waals surface area contributed by atoms with Gasteiger partial charge in [-0.15, -0.1) is 0 Å². The second-order valence-electron chi connectivity index (χ2n) is 4.25. The number of aliphatic carboxylic acids is 1. The zero-order valence-corrected chi connectivity index (χ0v) is 10.5. The molecule has 1 amide bonds. The maximum absolute atomic E-state index is 11.7. The van der Waals surface area contributed by atoms with Gasteiger partial charge in [-0.1, -0.05) is 29.4 Å². The van der Waals surface area contributed by atoms with Gasteiger partial charge in [0.25, 0.3) is 0 Å². The lowest BCUT2D eigenvalue weighted by molar-refractivity contribution is -0.146. The Morgan fingerprint density at radius 3 is 2.65 bits per heavy atom. The quantitative estimate of drug-likeness (QED) is 0.516. The van der Waals surface area contributed by atoms with Crippen molar-refractivity contribution in [3.05, 3.63) is 40.3 Å². The third-order valence-corrected chi connectivity index (χ3v) is 3.00. The first kappa shape index (κ1) is 13.7. The van der Waals surface area contributed by atoms with Crippen LogP contribution in [0.4, 0.5) is 10.5 Å². The van der Waals surface area contributed by atoms with Crippen molar-refractivity contribution in [2.24, 2.45) is 5.11 Å². The molecule has 1 atom stereocenters. The Kier molecular flexibility index (Phi) is 4.07. The number of benzene rings is 1. The number of hydrogen-bond donors (Lipinski definition) is 1. The molecule has 1 aromatic carbocycles. The molecule has 2 rings (SSSR count). The molecular formula is C12H12N4O4. The topological polar surface area (TPSA) is 116 Å². The monoisotopic (exact) mass is 276 g/mol. The lowest BCUT2D eigenvalue weighted by Gasteiger charge is -2.36. The van der Waals surface area contributed by atoms with E-state index in [9.17, 15) is 9.59 Å². The van der Waals surface area contributed by atoms with E-state index in [2.05, 4.69) is 10.0 Å². The van der Waals surface area contributed by atoms with E-state index in [1.807, 2.05) is 0 Å². The van der Waals surface area contributed by atoms with Crippen LogP contribution in [0.5, 0.6) is 0 Å². The molecule has 0 aromatic heterocycles. The molecule has 0 radical (unpaired) electrons. The van der Waals surface area contributed by atoms with Crippen LogP contribution in [-0.2, 0) is 16.1 Å². The minimum absolute atomic E-state index is 0.0399.